The molecule has 1 aromatic heterocycles. The summed E-state index contributed by atoms with van der Waals surface area (Å²) in [6, 6.07) is 5.89. The Morgan fingerprint density at radius 1 is 1.17 bits per heavy atom. The lowest BCUT2D eigenvalue weighted by molar-refractivity contribution is 0.0730. The Morgan fingerprint density at radius 2 is 1.93 bits per heavy atom. The summed E-state index contributed by atoms with van der Waals surface area (Å²) in [5.41, 5.74) is 7.02. The molecule has 0 bridgehead atoms. The Labute approximate surface area is 172 Å². The van der Waals surface area contributed by atoms with Crippen molar-refractivity contribution in [1.82, 2.24) is 4.31 Å². The number of hydrogen-bond donors (Lipinski definition) is 2. The molecule has 2 aromatic rings. The first-order valence-corrected chi connectivity index (χ1v) is 11.6. The summed E-state index contributed by atoms with van der Waals surface area (Å²) >= 11 is 1.36. The van der Waals surface area contributed by atoms with Crippen molar-refractivity contribution in [2.45, 2.75) is 24.2 Å². The van der Waals surface area contributed by atoms with E-state index < -0.39 is 21.8 Å². The SMILES string of the molecule is NC(=O)c1c(NC(=O)c2cccc(S(=O)(=O)N3CCOCC3)c2)sc2c1CCC2. The molecule has 1 aliphatic carbocycles. The van der Waals surface area contributed by atoms with E-state index in [0.29, 0.717) is 23.8 Å². The van der Waals surface area contributed by atoms with Gasteiger partial charge in [-0.3, -0.25) is 9.59 Å². The molecule has 1 fully saturated rings. The highest BCUT2D eigenvalue weighted by molar-refractivity contribution is 7.89. The number of ether oxygens (including phenoxy) is 1. The summed E-state index contributed by atoms with van der Waals surface area (Å²) in [5, 5.41) is 3.17. The Morgan fingerprint density at radius 3 is 2.66 bits per heavy atom. The molecule has 3 N–H and O–H groups in total. The van der Waals surface area contributed by atoms with Crippen molar-refractivity contribution in [3.63, 3.8) is 0 Å². The van der Waals surface area contributed by atoms with Gasteiger partial charge < -0.3 is 15.8 Å². The molecule has 0 radical (unpaired) electrons. The fourth-order valence-corrected chi connectivity index (χ4v) is 6.41. The van der Waals surface area contributed by atoms with Gasteiger partial charge in [-0.2, -0.15) is 4.31 Å². The van der Waals surface area contributed by atoms with Crippen molar-refractivity contribution in [3.8, 4) is 0 Å². The van der Waals surface area contributed by atoms with Crippen LogP contribution in [0.25, 0.3) is 0 Å². The zero-order valence-electron chi connectivity index (χ0n) is 15.6. The number of nitrogens with one attached hydrogen (secondary N) is 1. The highest BCUT2D eigenvalue weighted by atomic mass is 32.2. The number of sulfonamides is 1. The van der Waals surface area contributed by atoms with E-state index in [1.165, 1.54) is 33.8 Å². The van der Waals surface area contributed by atoms with Crippen molar-refractivity contribution >= 4 is 38.2 Å². The summed E-state index contributed by atoms with van der Waals surface area (Å²) in [7, 11) is -3.71. The van der Waals surface area contributed by atoms with Crippen molar-refractivity contribution in [2.75, 3.05) is 31.6 Å². The van der Waals surface area contributed by atoms with Gasteiger partial charge in [0.25, 0.3) is 11.8 Å². The largest absolute Gasteiger partial charge is 0.379 e. The summed E-state index contributed by atoms with van der Waals surface area (Å²) in [6.45, 7) is 1.25. The first-order valence-electron chi connectivity index (χ1n) is 9.31. The van der Waals surface area contributed by atoms with E-state index in [0.717, 1.165) is 29.7 Å². The van der Waals surface area contributed by atoms with E-state index in [-0.39, 0.29) is 23.5 Å². The molecule has 8 nitrogen and oxygen atoms in total. The van der Waals surface area contributed by atoms with Crippen molar-refractivity contribution in [1.29, 1.82) is 0 Å². The van der Waals surface area contributed by atoms with Crippen LogP contribution in [0.5, 0.6) is 0 Å². The summed E-state index contributed by atoms with van der Waals surface area (Å²) in [6.07, 6.45) is 2.60. The van der Waals surface area contributed by atoms with Gasteiger partial charge in [0.1, 0.15) is 5.00 Å². The molecule has 2 heterocycles. The third kappa shape index (κ3) is 3.80. The van der Waals surface area contributed by atoms with E-state index in [4.69, 9.17) is 10.5 Å². The number of carbonyl (C=O) groups excluding carboxylic acids is 2. The number of morpholine rings is 1. The number of carbonyl (C=O) groups is 2. The van der Waals surface area contributed by atoms with Crippen LogP contribution >= 0.6 is 11.3 Å². The number of hydrogen-bond acceptors (Lipinski definition) is 6. The van der Waals surface area contributed by atoms with E-state index in [1.807, 2.05) is 0 Å². The van der Waals surface area contributed by atoms with E-state index >= 15 is 0 Å². The van der Waals surface area contributed by atoms with E-state index in [9.17, 15) is 18.0 Å². The molecule has 1 saturated heterocycles. The second-order valence-electron chi connectivity index (χ2n) is 6.92. The molecule has 2 amide bonds. The van der Waals surface area contributed by atoms with Crippen LogP contribution in [0.3, 0.4) is 0 Å². The third-order valence-electron chi connectivity index (χ3n) is 5.10. The van der Waals surface area contributed by atoms with Crippen LogP contribution in [0.1, 0.15) is 37.6 Å². The predicted molar refractivity (Wildman–Crippen MR) is 109 cm³/mol. The second kappa shape index (κ2) is 7.86. The number of aryl methyl sites for hydroxylation is 1. The minimum atomic E-state index is -3.71. The summed E-state index contributed by atoms with van der Waals surface area (Å²) < 4.78 is 32.2. The van der Waals surface area contributed by atoms with Gasteiger partial charge in [-0.05, 0) is 43.0 Å². The lowest BCUT2D eigenvalue weighted by atomic mass is 10.1. The lowest BCUT2D eigenvalue weighted by Crippen LogP contribution is -2.40. The third-order valence-corrected chi connectivity index (χ3v) is 8.20. The van der Waals surface area contributed by atoms with Gasteiger partial charge in [0.15, 0.2) is 0 Å². The molecule has 4 rings (SSSR count). The zero-order chi connectivity index (χ0) is 20.6. The van der Waals surface area contributed by atoms with Crippen LogP contribution in [-0.4, -0.2) is 50.8 Å². The molecular weight excluding hydrogens is 414 g/mol. The maximum absolute atomic E-state index is 12.8. The number of anilines is 1. The molecule has 0 saturated carbocycles. The molecule has 2 aliphatic rings. The van der Waals surface area contributed by atoms with Gasteiger partial charge in [0.05, 0.1) is 23.7 Å². The number of nitrogens with two attached hydrogens (primary N) is 1. The Balaban J connectivity index is 1.59. The first-order chi connectivity index (χ1) is 13.9. The standard InChI is InChI=1S/C19H21N3O5S2/c20-17(23)16-14-5-2-6-15(14)28-19(16)21-18(24)12-3-1-4-13(11-12)29(25,26)22-7-9-27-10-8-22/h1,3-4,11H,2,5-10H2,(H2,20,23)(H,21,24). The van der Waals surface area contributed by atoms with Gasteiger partial charge in [-0.25, -0.2) is 8.42 Å². The van der Waals surface area contributed by atoms with Crippen LogP contribution in [0.4, 0.5) is 5.00 Å². The minimum absolute atomic E-state index is 0.0517. The van der Waals surface area contributed by atoms with Gasteiger partial charge in [0.2, 0.25) is 10.0 Å². The molecule has 0 atom stereocenters. The average molecular weight is 436 g/mol. The lowest BCUT2D eigenvalue weighted by Gasteiger charge is -2.26. The maximum atomic E-state index is 12.8. The minimum Gasteiger partial charge on any atom is -0.379 e. The number of rotatable bonds is 5. The molecule has 29 heavy (non-hydrogen) atoms. The molecule has 154 valence electrons. The van der Waals surface area contributed by atoms with Gasteiger partial charge >= 0.3 is 0 Å². The maximum Gasteiger partial charge on any atom is 0.256 e. The smallest absolute Gasteiger partial charge is 0.256 e. The van der Waals surface area contributed by atoms with Gasteiger partial charge in [0, 0.05) is 23.5 Å². The fourth-order valence-electron chi connectivity index (χ4n) is 3.66. The van der Waals surface area contributed by atoms with Crippen LogP contribution in [0.15, 0.2) is 29.2 Å². The number of fused-ring (bicyclic) bond motifs is 1. The quantitative estimate of drug-likeness (QED) is 0.740. The highest BCUT2D eigenvalue weighted by Crippen LogP contribution is 2.39. The first kappa shape index (κ1) is 20.0. The van der Waals surface area contributed by atoms with Crippen molar-refractivity contribution in [3.05, 3.63) is 45.8 Å². The van der Waals surface area contributed by atoms with E-state index in [2.05, 4.69) is 5.32 Å². The van der Waals surface area contributed by atoms with E-state index in [1.54, 1.807) is 6.07 Å². The molecule has 1 aromatic carbocycles. The van der Waals surface area contributed by atoms with Crippen LogP contribution in [-0.2, 0) is 27.6 Å². The highest BCUT2D eigenvalue weighted by Gasteiger charge is 2.28. The number of thiophene rings is 1. The predicted octanol–water partition coefficient (Wildman–Crippen LogP) is 1.61. The molecule has 1 aliphatic heterocycles. The number of benzene rings is 1. The molecular formula is C19H21N3O5S2. The Kier molecular flexibility index (Phi) is 5.43. The molecule has 0 spiro atoms. The second-order valence-corrected chi connectivity index (χ2v) is 9.97. The molecule has 10 heteroatoms. The monoisotopic (exact) mass is 435 g/mol. The average Bonchev–Trinajstić information content (AvgIpc) is 3.29. The number of nitrogens with zero attached hydrogens (tertiary/aromatic N) is 1. The van der Waals surface area contributed by atoms with Crippen LogP contribution in [0.2, 0.25) is 0 Å². The Bertz CT molecular complexity index is 1070. The number of amides is 2. The topological polar surface area (TPSA) is 119 Å². The van der Waals surface area contributed by atoms with Gasteiger partial charge in [-0.15, -0.1) is 11.3 Å². The van der Waals surface area contributed by atoms with Crippen LogP contribution in [0, 0.1) is 0 Å². The van der Waals surface area contributed by atoms with Crippen molar-refractivity contribution in [2.24, 2.45) is 5.73 Å². The molecule has 0 unspecified atom stereocenters. The Hall–Kier alpha value is -2.27. The van der Waals surface area contributed by atoms with Crippen molar-refractivity contribution < 1.29 is 22.7 Å². The normalized spacial score (nSPS) is 17.1. The van der Waals surface area contributed by atoms with Gasteiger partial charge in [-0.1, -0.05) is 6.07 Å². The number of primary amides is 1. The fraction of sp³-hybridized carbons (Fsp3) is 0.368. The summed E-state index contributed by atoms with van der Waals surface area (Å²) in [5.74, 6) is -1.05. The zero-order valence-corrected chi connectivity index (χ0v) is 17.3. The summed E-state index contributed by atoms with van der Waals surface area (Å²) in [4.78, 5) is 25.8. The van der Waals surface area contributed by atoms with Crippen LogP contribution < -0.4 is 11.1 Å².